The molecule has 1 saturated heterocycles. The first-order chi connectivity index (χ1) is 18.3. The normalized spacial score (nSPS) is 19.0. The number of morpholine rings is 1. The molecule has 2 aromatic rings. The van der Waals surface area contributed by atoms with Gasteiger partial charge in [-0.3, -0.25) is 19.3 Å². The van der Waals surface area contributed by atoms with Crippen LogP contribution in [0.25, 0.3) is 0 Å². The molecule has 38 heavy (non-hydrogen) atoms. The van der Waals surface area contributed by atoms with Crippen LogP contribution in [0.3, 0.4) is 0 Å². The van der Waals surface area contributed by atoms with E-state index in [9.17, 15) is 23.2 Å². The smallest absolute Gasteiger partial charge is 0.265 e. The van der Waals surface area contributed by atoms with E-state index in [-0.39, 0.29) is 67.1 Å². The molecular weight excluding hydrogens is 538 g/mol. The molecule has 1 aliphatic heterocycles. The van der Waals surface area contributed by atoms with E-state index in [0.29, 0.717) is 9.21 Å². The van der Waals surface area contributed by atoms with Gasteiger partial charge >= 0.3 is 0 Å². The number of halogens is 3. The number of anilines is 2. The average Bonchev–Trinajstić information content (AvgIpc) is 3.61. The number of alkyl halides is 2. The summed E-state index contributed by atoms with van der Waals surface area (Å²) in [6.45, 7) is 0.356. The van der Waals surface area contributed by atoms with Crippen molar-refractivity contribution in [1.29, 1.82) is 0 Å². The molecule has 1 aromatic heterocycles. The standard InChI is InChI=1S/C26H29ClF2N4O4S/c27-22-9-8-21(38-22)26(36)30-13-20(33(17-5-6-17)16-2-1-3-16)25(35)31-15-4-7-19(18(12-15)24(28)29)32-10-11-37-14-23(32)34/h4,7-9,12,16-17,20,24H,1-3,5-6,10-11,13-14H2,(H,30,36)(H,31,35)/t20-/m1/s1. The van der Waals surface area contributed by atoms with Crippen LogP contribution in [-0.4, -0.2) is 67.1 Å². The highest BCUT2D eigenvalue weighted by molar-refractivity contribution is 7.18. The van der Waals surface area contributed by atoms with Crippen LogP contribution in [0, 0.1) is 0 Å². The summed E-state index contributed by atoms with van der Waals surface area (Å²) in [5, 5.41) is 5.67. The molecule has 0 bridgehead atoms. The predicted molar refractivity (Wildman–Crippen MR) is 141 cm³/mol. The minimum atomic E-state index is -2.84. The molecule has 3 amide bonds. The molecule has 2 saturated carbocycles. The van der Waals surface area contributed by atoms with E-state index in [1.165, 1.54) is 23.1 Å². The summed E-state index contributed by atoms with van der Waals surface area (Å²) in [6, 6.07) is 7.29. The quantitative estimate of drug-likeness (QED) is 0.443. The number of hydrogen-bond donors (Lipinski definition) is 2. The van der Waals surface area contributed by atoms with Crippen molar-refractivity contribution < 1.29 is 27.9 Å². The topological polar surface area (TPSA) is 91.0 Å². The number of ether oxygens (including phenoxy) is 1. The fourth-order valence-corrected chi connectivity index (χ4v) is 5.92. The summed E-state index contributed by atoms with van der Waals surface area (Å²) < 4.78 is 33.6. The number of rotatable bonds is 10. The van der Waals surface area contributed by atoms with Crippen molar-refractivity contribution in [1.82, 2.24) is 10.2 Å². The van der Waals surface area contributed by atoms with E-state index in [0.717, 1.165) is 43.4 Å². The van der Waals surface area contributed by atoms with E-state index in [4.69, 9.17) is 16.3 Å². The third-order valence-electron chi connectivity index (χ3n) is 7.19. The van der Waals surface area contributed by atoms with Gasteiger partial charge in [0, 0.05) is 36.4 Å². The van der Waals surface area contributed by atoms with Crippen molar-refractivity contribution in [3.8, 4) is 0 Å². The molecule has 2 aliphatic carbocycles. The Morgan fingerprint density at radius 1 is 1.16 bits per heavy atom. The van der Waals surface area contributed by atoms with Gasteiger partial charge in [0.25, 0.3) is 18.2 Å². The number of benzene rings is 1. The lowest BCUT2D eigenvalue weighted by Crippen LogP contribution is -2.57. The zero-order valence-corrected chi connectivity index (χ0v) is 22.2. The summed E-state index contributed by atoms with van der Waals surface area (Å²) in [7, 11) is 0. The Labute approximate surface area is 228 Å². The van der Waals surface area contributed by atoms with Gasteiger partial charge in [-0.05, 0) is 56.0 Å². The molecule has 204 valence electrons. The van der Waals surface area contributed by atoms with Crippen molar-refractivity contribution in [2.45, 2.75) is 56.7 Å². The van der Waals surface area contributed by atoms with Gasteiger partial charge in [-0.25, -0.2) is 8.78 Å². The lowest BCUT2D eigenvalue weighted by atomic mass is 9.89. The highest BCUT2D eigenvalue weighted by Gasteiger charge is 2.43. The van der Waals surface area contributed by atoms with Crippen LogP contribution < -0.4 is 15.5 Å². The summed E-state index contributed by atoms with van der Waals surface area (Å²) in [5.41, 5.74) is -0.0187. The van der Waals surface area contributed by atoms with Crippen molar-refractivity contribution in [2.24, 2.45) is 0 Å². The SMILES string of the molecule is O=C(NC[C@H](C(=O)Nc1ccc(N2CCOCC2=O)c(C(F)F)c1)N(C1CCC1)C1CC1)c1ccc(Cl)s1. The maximum atomic E-state index is 14.0. The Kier molecular flexibility index (Phi) is 8.27. The van der Waals surface area contributed by atoms with Gasteiger partial charge in [0.1, 0.15) is 12.6 Å². The summed E-state index contributed by atoms with van der Waals surface area (Å²) in [6.07, 6.45) is 2.16. The first kappa shape index (κ1) is 27.0. The third kappa shape index (κ3) is 6.01. The van der Waals surface area contributed by atoms with Crippen LogP contribution >= 0.6 is 22.9 Å². The maximum Gasteiger partial charge on any atom is 0.265 e. The lowest BCUT2D eigenvalue weighted by Gasteiger charge is -2.42. The molecular formula is C26H29ClF2N4O4S. The van der Waals surface area contributed by atoms with Gasteiger partial charge in [-0.15, -0.1) is 11.3 Å². The molecule has 2 N–H and O–H groups in total. The largest absolute Gasteiger partial charge is 0.370 e. The van der Waals surface area contributed by atoms with Gasteiger partial charge < -0.3 is 20.3 Å². The van der Waals surface area contributed by atoms with Crippen molar-refractivity contribution in [3.63, 3.8) is 0 Å². The number of amides is 3. The van der Waals surface area contributed by atoms with E-state index in [1.54, 1.807) is 12.1 Å². The fraction of sp³-hybridized carbons (Fsp3) is 0.500. The van der Waals surface area contributed by atoms with Crippen LogP contribution in [0.5, 0.6) is 0 Å². The zero-order valence-electron chi connectivity index (χ0n) is 20.6. The number of carbonyl (C=O) groups is 3. The molecule has 5 rings (SSSR count). The molecule has 3 aliphatic rings. The first-order valence-corrected chi connectivity index (χ1v) is 13.9. The molecule has 8 nitrogen and oxygen atoms in total. The van der Waals surface area contributed by atoms with Crippen molar-refractivity contribution in [2.75, 3.05) is 36.5 Å². The van der Waals surface area contributed by atoms with E-state index in [1.807, 2.05) is 0 Å². The third-order valence-corrected chi connectivity index (χ3v) is 8.42. The summed E-state index contributed by atoms with van der Waals surface area (Å²) in [4.78, 5) is 42.5. The summed E-state index contributed by atoms with van der Waals surface area (Å²) >= 11 is 7.12. The molecule has 3 fully saturated rings. The molecule has 12 heteroatoms. The number of nitrogens with zero attached hydrogens (tertiary/aromatic N) is 2. The van der Waals surface area contributed by atoms with Gasteiger partial charge in [0.05, 0.1) is 21.5 Å². The van der Waals surface area contributed by atoms with Crippen LogP contribution in [0.15, 0.2) is 30.3 Å². The molecule has 1 atom stereocenters. The second kappa shape index (κ2) is 11.6. The van der Waals surface area contributed by atoms with Crippen molar-refractivity contribution in [3.05, 3.63) is 45.1 Å². The zero-order chi connectivity index (χ0) is 26.8. The number of carbonyl (C=O) groups excluding carboxylic acids is 3. The Hall–Kier alpha value is -2.60. The average molecular weight is 567 g/mol. The van der Waals surface area contributed by atoms with E-state index < -0.39 is 18.4 Å². The van der Waals surface area contributed by atoms with E-state index >= 15 is 0 Å². The monoisotopic (exact) mass is 566 g/mol. The number of hydrogen-bond acceptors (Lipinski definition) is 6. The molecule has 0 unspecified atom stereocenters. The minimum Gasteiger partial charge on any atom is -0.370 e. The summed E-state index contributed by atoms with van der Waals surface area (Å²) in [5.74, 6) is -1.08. The lowest BCUT2D eigenvalue weighted by molar-refractivity contribution is -0.126. The Morgan fingerprint density at radius 3 is 2.53 bits per heavy atom. The highest BCUT2D eigenvalue weighted by atomic mass is 35.5. The Balaban J connectivity index is 1.35. The second-order valence-corrected chi connectivity index (χ2v) is 11.5. The molecule has 1 aromatic carbocycles. The van der Waals surface area contributed by atoms with Crippen LogP contribution in [-0.2, 0) is 14.3 Å². The van der Waals surface area contributed by atoms with E-state index in [2.05, 4.69) is 15.5 Å². The Bertz CT molecular complexity index is 1200. The van der Waals surface area contributed by atoms with Crippen LogP contribution in [0.1, 0.15) is 53.8 Å². The van der Waals surface area contributed by atoms with Gasteiger partial charge in [-0.1, -0.05) is 18.0 Å². The predicted octanol–water partition coefficient (Wildman–Crippen LogP) is 4.46. The minimum absolute atomic E-state index is 0.0786. The van der Waals surface area contributed by atoms with Gasteiger partial charge in [0.2, 0.25) is 5.91 Å². The fourth-order valence-electron chi connectivity index (χ4n) is 4.96. The highest BCUT2D eigenvalue weighted by Crippen LogP contribution is 2.38. The molecule has 0 spiro atoms. The second-order valence-electron chi connectivity index (χ2n) is 9.75. The van der Waals surface area contributed by atoms with Crippen LogP contribution in [0.4, 0.5) is 20.2 Å². The Morgan fingerprint density at radius 2 is 1.92 bits per heavy atom. The van der Waals surface area contributed by atoms with Gasteiger partial charge in [0.15, 0.2) is 0 Å². The number of thiophene rings is 1. The van der Waals surface area contributed by atoms with Crippen LogP contribution in [0.2, 0.25) is 4.34 Å². The van der Waals surface area contributed by atoms with Crippen molar-refractivity contribution >= 4 is 52.0 Å². The first-order valence-electron chi connectivity index (χ1n) is 12.7. The number of nitrogens with one attached hydrogen (secondary N) is 2. The van der Waals surface area contributed by atoms with Gasteiger partial charge in [-0.2, -0.15) is 0 Å². The molecule has 2 heterocycles. The maximum absolute atomic E-state index is 14.0. The molecule has 0 radical (unpaired) electrons.